The van der Waals surface area contributed by atoms with Crippen LogP contribution in [0.4, 0.5) is 11.5 Å². The van der Waals surface area contributed by atoms with Crippen LogP contribution in [0.2, 0.25) is 0 Å². The van der Waals surface area contributed by atoms with Gasteiger partial charge in [-0.2, -0.15) is 0 Å². The van der Waals surface area contributed by atoms with Gasteiger partial charge in [-0.25, -0.2) is 14.8 Å². The molecule has 6 heteroatoms. The molecule has 2 aromatic heterocycles. The molecule has 1 aliphatic carbocycles. The Balaban J connectivity index is 1.67. The van der Waals surface area contributed by atoms with Gasteiger partial charge in [0.25, 0.3) is 0 Å². The van der Waals surface area contributed by atoms with E-state index in [1.165, 1.54) is 18.4 Å². The number of anilines is 2. The second-order valence-electron chi connectivity index (χ2n) is 6.84. The summed E-state index contributed by atoms with van der Waals surface area (Å²) in [4.78, 5) is 21.6. The summed E-state index contributed by atoms with van der Waals surface area (Å²) in [5, 5.41) is 14.6. The van der Waals surface area contributed by atoms with Crippen LogP contribution < -0.4 is 5.32 Å². The van der Waals surface area contributed by atoms with Gasteiger partial charge >= 0.3 is 5.97 Å². The van der Waals surface area contributed by atoms with Gasteiger partial charge in [0.15, 0.2) is 5.82 Å². The topological polar surface area (TPSA) is 75.1 Å². The maximum absolute atomic E-state index is 11.0. The number of aromatic carboxylic acids is 1. The molecule has 2 heterocycles. The molecule has 0 spiro atoms. The van der Waals surface area contributed by atoms with E-state index in [9.17, 15) is 4.79 Å². The molecule has 1 fully saturated rings. The van der Waals surface area contributed by atoms with E-state index in [1.54, 1.807) is 35.6 Å². The van der Waals surface area contributed by atoms with Gasteiger partial charge in [0.2, 0.25) is 0 Å². The van der Waals surface area contributed by atoms with Crippen molar-refractivity contribution in [1.29, 1.82) is 0 Å². The van der Waals surface area contributed by atoms with Crippen molar-refractivity contribution in [3.63, 3.8) is 0 Å². The summed E-state index contributed by atoms with van der Waals surface area (Å²) in [6.45, 7) is 4.10. The highest BCUT2D eigenvalue weighted by molar-refractivity contribution is 7.13. The molecule has 4 rings (SSSR count). The molecule has 3 aromatic rings. The molecule has 0 bridgehead atoms. The molecule has 2 N–H and O–H groups in total. The van der Waals surface area contributed by atoms with Gasteiger partial charge in [0.05, 0.1) is 10.4 Å². The van der Waals surface area contributed by atoms with E-state index in [0.29, 0.717) is 0 Å². The number of carboxylic acids is 1. The molecular weight excluding hydrogens is 358 g/mol. The van der Waals surface area contributed by atoms with Crippen LogP contribution in [-0.2, 0) is 6.42 Å². The van der Waals surface area contributed by atoms with Crippen molar-refractivity contribution in [2.45, 2.75) is 39.0 Å². The van der Waals surface area contributed by atoms with E-state index in [0.717, 1.165) is 45.8 Å². The van der Waals surface area contributed by atoms with Gasteiger partial charge in [-0.3, -0.25) is 0 Å². The average molecular weight is 379 g/mol. The molecule has 0 atom stereocenters. The summed E-state index contributed by atoms with van der Waals surface area (Å²) in [7, 11) is 0. The fraction of sp³-hybridized carbons (Fsp3) is 0.286. The van der Waals surface area contributed by atoms with Crippen molar-refractivity contribution in [3.8, 4) is 10.7 Å². The van der Waals surface area contributed by atoms with Crippen LogP contribution in [-0.4, -0.2) is 21.0 Å². The second-order valence-corrected chi connectivity index (χ2v) is 7.75. The summed E-state index contributed by atoms with van der Waals surface area (Å²) in [5.41, 5.74) is 4.51. The summed E-state index contributed by atoms with van der Waals surface area (Å²) < 4.78 is 0. The zero-order valence-corrected chi connectivity index (χ0v) is 16.1. The quantitative estimate of drug-likeness (QED) is 0.600. The first kappa shape index (κ1) is 17.7. The number of nitrogens with zero attached hydrogens (tertiary/aromatic N) is 2. The fourth-order valence-corrected chi connectivity index (χ4v) is 4.09. The minimum Gasteiger partial charge on any atom is -0.478 e. The maximum Gasteiger partial charge on any atom is 0.335 e. The third kappa shape index (κ3) is 3.71. The van der Waals surface area contributed by atoms with Crippen molar-refractivity contribution in [3.05, 3.63) is 58.1 Å². The summed E-state index contributed by atoms with van der Waals surface area (Å²) in [6.07, 6.45) is 3.38. The van der Waals surface area contributed by atoms with E-state index < -0.39 is 5.97 Å². The highest BCUT2D eigenvalue weighted by Gasteiger charge is 2.25. The van der Waals surface area contributed by atoms with Crippen molar-refractivity contribution in [1.82, 2.24) is 9.97 Å². The van der Waals surface area contributed by atoms with E-state index in [1.807, 2.05) is 6.92 Å². The Hall–Kier alpha value is -2.73. The number of hydrogen-bond acceptors (Lipinski definition) is 5. The number of aromatic nitrogens is 2. The Bertz CT molecular complexity index is 991. The Labute approximate surface area is 162 Å². The van der Waals surface area contributed by atoms with Crippen LogP contribution >= 0.6 is 11.3 Å². The predicted octanol–water partition coefficient (Wildman–Crippen LogP) is 5.40. The molecule has 1 aliphatic rings. The van der Waals surface area contributed by atoms with Gasteiger partial charge in [0, 0.05) is 16.9 Å². The molecule has 0 amide bonds. The van der Waals surface area contributed by atoms with Gasteiger partial charge in [-0.15, -0.1) is 11.3 Å². The lowest BCUT2D eigenvalue weighted by molar-refractivity contribution is 0.0697. The number of carbonyl (C=O) groups is 1. The number of carboxylic acid groups (broad SMARTS) is 1. The maximum atomic E-state index is 11.0. The van der Waals surface area contributed by atoms with Crippen LogP contribution in [0.25, 0.3) is 10.7 Å². The molecule has 0 saturated heterocycles. The molecule has 0 radical (unpaired) electrons. The Morgan fingerprint density at radius 3 is 2.63 bits per heavy atom. The molecule has 0 aliphatic heterocycles. The first-order valence-corrected chi connectivity index (χ1v) is 9.99. The minimum absolute atomic E-state index is 0.266. The van der Waals surface area contributed by atoms with Crippen molar-refractivity contribution >= 4 is 28.8 Å². The summed E-state index contributed by atoms with van der Waals surface area (Å²) in [5.74, 6) is 1.31. The Morgan fingerprint density at radius 2 is 2.00 bits per heavy atom. The Kier molecular flexibility index (Phi) is 4.66. The standard InChI is InChI=1S/C21H21N3O2S/c1-3-17-12(2)22-20(18-10-15(11-27-18)13-4-5-13)24-19(17)23-16-8-6-14(7-9-16)21(25)26/h6-11,13H,3-5H2,1-2H3,(H,25,26)(H,22,23,24). The van der Waals surface area contributed by atoms with E-state index in [4.69, 9.17) is 15.1 Å². The highest BCUT2D eigenvalue weighted by Crippen LogP contribution is 2.43. The Morgan fingerprint density at radius 1 is 1.26 bits per heavy atom. The van der Waals surface area contributed by atoms with Gasteiger partial charge in [-0.05, 0) is 73.4 Å². The first-order chi connectivity index (χ1) is 13.0. The van der Waals surface area contributed by atoms with Crippen LogP contribution in [0.15, 0.2) is 35.7 Å². The van der Waals surface area contributed by atoms with Gasteiger partial charge in [-0.1, -0.05) is 6.92 Å². The molecule has 1 aromatic carbocycles. The number of nitrogens with one attached hydrogen (secondary N) is 1. The number of hydrogen-bond donors (Lipinski definition) is 2. The summed E-state index contributed by atoms with van der Waals surface area (Å²) >= 11 is 1.70. The number of aryl methyl sites for hydroxylation is 1. The fourth-order valence-electron chi connectivity index (χ4n) is 3.16. The van der Waals surface area contributed by atoms with Gasteiger partial charge in [0.1, 0.15) is 5.82 Å². The smallest absolute Gasteiger partial charge is 0.335 e. The molecule has 1 saturated carbocycles. The van der Waals surface area contributed by atoms with Crippen LogP contribution in [0, 0.1) is 6.92 Å². The largest absolute Gasteiger partial charge is 0.478 e. The van der Waals surface area contributed by atoms with Crippen LogP contribution in [0.3, 0.4) is 0 Å². The second kappa shape index (κ2) is 7.12. The van der Waals surface area contributed by atoms with Crippen molar-refractivity contribution < 1.29 is 9.90 Å². The van der Waals surface area contributed by atoms with E-state index in [-0.39, 0.29) is 5.56 Å². The lowest BCUT2D eigenvalue weighted by atomic mass is 10.1. The normalized spacial score (nSPS) is 13.6. The number of thiophene rings is 1. The zero-order chi connectivity index (χ0) is 19.0. The van der Waals surface area contributed by atoms with Crippen LogP contribution in [0.5, 0.6) is 0 Å². The third-order valence-electron chi connectivity index (χ3n) is 4.85. The van der Waals surface area contributed by atoms with Crippen molar-refractivity contribution in [2.75, 3.05) is 5.32 Å². The highest BCUT2D eigenvalue weighted by atomic mass is 32.1. The first-order valence-electron chi connectivity index (χ1n) is 9.12. The van der Waals surface area contributed by atoms with Gasteiger partial charge < -0.3 is 10.4 Å². The minimum atomic E-state index is -0.930. The molecular formula is C21H21N3O2S. The average Bonchev–Trinajstić information content (AvgIpc) is 3.39. The zero-order valence-electron chi connectivity index (χ0n) is 15.3. The number of rotatable bonds is 6. The lowest BCUT2D eigenvalue weighted by Crippen LogP contribution is -2.05. The molecule has 138 valence electrons. The van der Waals surface area contributed by atoms with E-state index >= 15 is 0 Å². The molecule has 5 nitrogen and oxygen atoms in total. The molecule has 0 unspecified atom stereocenters. The monoisotopic (exact) mass is 379 g/mol. The predicted molar refractivity (Wildman–Crippen MR) is 108 cm³/mol. The molecule has 27 heavy (non-hydrogen) atoms. The van der Waals surface area contributed by atoms with Crippen LogP contribution in [0.1, 0.15) is 52.9 Å². The summed E-state index contributed by atoms with van der Waals surface area (Å²) in [6, 6.07) is 8.92. The third-order valence-corrected chi connectivity index (χ3v) is 5.80. The SMILES string of the molecule is CCc1c(C)nc(-c2cc(C3CC3)cs2)nc1Nc1ccc(C(=O)O)cc1. The lowest BCUT2D eigenvalue weighted by Gasteiger charge is -2.13. The number of benzene rings is 1. The van der Waals surface area contributed by atoms with E-state index in [2.05, 4.69) is 23.7 Å². The van der Waals surface area contributed by atoms with Crippen molar-refractivity contribution in [2.24, 2.45) is 0 Å².